The predicted octanol–water partition coefficient (Wildman–Crippen LogP) is 6.87. The zero-order valence-electron chi connectivity index (χ0n) is 19.5. The van der Waals surface area contributed by atoms with Gasteiger partial charge in [0.25, 0.3) is 5.91 Å². The summed E-state index contributed by atoms with van der Waals surface area (Å²) >= 11 is 0. The molecule has 0 radical (unpaired) electrons. The van der Waals surface area contributed by atoms with Crippen molar-refractivity contribution >= 4 is 11.6 Å². The van der Waals surface area contributed by atoms with Crippen LogP contribution in [0, 0.1) is 6.92 Å². The maximum atomic E-state index is 12.8. The van der Waals surface area contributed by atoms with Gasteiger partial charge in [0.1, 0.15) is 11.5 Å². The number of rotatable bonds is 9. The smallest absolute Gasteiger partial charge is 0.257 e. The molecule has 1 atom stereocenters. The number of aromatic nitrogens is 1. The van der Waals surface area contributed by atoms with Gasteiger partial charge in [0.05, 0.1) is 29.2 Å². The van der Waals surface area contributed by atoms with Crippen LogP contribution in [-0.4, -0.2) is 17.0 Å². The minimum Gasteiger partial charge on any atom is -0.457 e. The van der Waals surface area contributed by atoms with E-state index in [0.717, 1.165) is 30.0 Å². The Labute approximate surface area is 190 Å². The van der Waals surface area contributed by atoms with Crippen molar-refractivity contribution in [2.75, 3.05) is 5.32 Å². The van der Waals surface area contributed by atoms with Crippen molar-refractivity contribution in [2.24, 2.45) is 0 Å². The van der Waals surface area contributed by atoms with E-state index >= 15 is 0 Å². The van der Waals surface area contributed by atoms with Crippen LogP contribution in [0.15, 0.2) is 60.7 Å². The van der Waals surface area contributed by atoms with Crippen molar-refractivity contribution in [2.45, 2.75) is 59.7 Å². The molecule has 1 aromatic heterocycles. The van der Waals surface area contributed by atoms with Gasteiger partial charge in [-0.15, -0.1) is 0 Å². The molecule has 0 saturated heterocycles. The Hall–Kier alpha value is -3.18. The fourth-order valence-electron chi connectivity index (χ4n) is 3.52. The van der Waals surface area contributed by atoms with Crippen LogP contribution in [0.1, 0.15) is 67.5 Å². The van der Waals surface area contributed by atoms with E-state index in [1.165, 1.54) is 5.56 Å². The lowest BCUT2D eigenvalue weighted by molar-refractivity contribution is 0.0154. The summed E-state index contributed by atoms with van der Waals surface area (Å²) < 4.78 is 11.7. The number of nitrogens with one attached hydrogen (secondary N) is 1. The Morgan fingerprint density at radius 2 is 1.75 bits per heavy atom. The fraction of sp³-hybridized carbons (Fsp3) is 0.333. The number of carbonyl (C=O) groups excluding carboxylic acids is 1. The van der Waals surface area contributed by atoms with Crippen LogP contribution in [0.2, 0.25) is 0 Å². The summed E-state index contributed by atoms with van der Waals surface area (Å²) in [7, 11) is 0. The second kappa shape index (κ2) is 10.9. The summed E-state index contributed by atoms with van der Waals surface area (Å²) in [5.41, 5.74) is 3.98. The van der Waals surface area contributed by atoms with Crippen molar-refractivity contribution < 1.29 is 14.3 Å². The molecule has 32 heavy (non-hydrogen) atoms. The highest BCUT2D eigenvalue weighted by atomic mass is 16.5. The molecule has 0 aliphatic rings. The predicted molar refractivity (Wildman–Crippen MR) is 129 cm³/mol. The topological polar surface area (TPSA) is 60.5 Å². The van der Waals surface area contributed by atoms with Crippen LogP contribution in [0.25, 0.3) is 0 Å². The number of hydrogen-bond donors (Lipinski definition) is 1. The van der Waals surface area contributed by atoms with Crippen molar-refractivity contribution in [3.63, 3.8) is 0 Å². The zero-order chi connectivity index (χ0) is 23.1. The van der Waals surface area contributed by atoms with Gasteiger partial charge in [0.2, 0.25) is 0 Å². The van der Waals surface area contributed by atoms with Gasteiger partial charge in [-0.3, -0.25) is 9.78 Å². The molecule has 1 amide bonds. The van der Waals surface area contributed by atoms with E-state index in [4.69, 9.17) is 9.47 Å². The van der Waals surface area contributed by atoms with Crippen molar-refractivity contribution in [3.8, 4) is 11.5 Å². The van der Waals surface area contributed by atoms with Gasteiger partial charge in [-0.05, 0) is 88.2 Å². The Morgan fingerprint density at radius 1 is 1.00 bits per heavy atom. The molecule has 3 aromatic rings. The molecule has 5 nitrogen and oxygen atoms in total. The first-order valence-corrected chi connectivity index (χ1v) is 11.2. The summed E-state index contributed by atoms with van der Waals surface area (Å²) in [6.07, 6.45) is 2.12. The number of anilines is 1. The summed E-state index contributed by atoms with van der Waals surface area (Å²) in [4.78, 5) is 17.3. The van der Waals surface area contributed by atoms with E-state index in [2.05, 4.69) is 29.4 Å². The molecule has 0 saturated carbocycles. The van der Waals surface area contributed by atoms with Gasteiger partial charge in [-0.2, -0.15) is 0 Å². The number of amides is 1. The van der Waals surface area contributed by atoms with Crippen molar-refractivity contribution in [3.05, 3.63) is 83.2 Å². The normalized spacial score (nSPS) is 11.9. The van der Waals surface area contributed by atoms with Crippen LogP contribution in [0.5, 0.6) is 11.5 Å². The first-order chi connectivity index (χ1) is 15.4. The molecule has 1 N–H and O–H groups in total. The number of aryl methyl sites for hydroxylation is 2. The molecule has 5 heteroatoms. The molecular weight excluding hydrogens is 400 g/mol. The van der Waals surface area contributed by atoms with Crippen molar-refractivity contribution in [1.29, 1.82) is 0 Å². The molecule has 0 fully saturated rings. The Balaban J connectivity index is 1.64. The molecule has 2 aromatic carbocycles. The second-order valence-electron chi connectivity index (χ2n) is 8.17. The fourth-order valence-corrected chi connectivity index (χ4v) is 3.52. The summed E-state index contributed by atoms with van der Waals surface area (Å²) in [5.74, 6) is 1.34. The second-order valence-corrected chi connectivity index (χ2v) is 8.17. The van der Waals surface area contributed by atoms with E-state index < -0.39 is 0 Å². The summed E-state index contributed by atoms with van der Waals surface area (Å²) in [6.45, 7) is 9.94. The summed E-state index contributed by atoms with van der Waals surface area (Å²) in [5, 5.41) is 2.93. The highest BCUT2D eigenvalue weighted by Gasteiger charge is 2.15. The number of carbonyl (C=O) groups is 1. The van der Waals surface area contributed by atoms with E-state index in [9.17, 15) is 4.79 Å². The average Bonchev–Trinajstić information content (AvgIpc) is 2.75. The summed E-state index contributed by atoms with van der Waals surface area (Å²) in [6, 6.07) is 19.1. The van der Waals surface area contributed by atoms with Gasteiger partial charge < -0.3 is 14.8 Å². The van der Waals surface area contributed by atoms with E-state index in [-0.39, 0.29) is 18.1 Å². The largest absolute Gasteiger partial charge is 0.457 e. The lowest BCUT2D eigenvalue weighted by Gasteiger charge is -2.17. The highest BCUT2D eigenvalue weighted by Crippen LogP contribution is 2.25. The molecule has 0 aliphatic carbocycles. The van der Waals surface area contributed by atoms with Crippen LogP contribution in [0.3, 0.4) is 0 Å². The SMILES string of the molecule is CCCc1cccc(Oc2ccc(NC(=O)c3ccc(C(C)OC(C)C)nc3C)cc2)c1. The lowest BCUT2D eigenvalue weighted by Crippen LogP contribution is -2.16. The number of ether oxygens (including phenoxy) is 2. The molecule has 0 bridgehead atoms. The first kappa shape index (κ1) is 23.5. The Kier molecular flexibility index (Phi) is 8.01. The number of nitrogens with zero attached hydrogens (tertiary/aromatic N) is 1. The molecule has 1 unspecified atom stereocenters. The number of pyridine rings is 1. The number of hydrogen-bond acceptors (Lipinski definition) is 4. The van der Waals surface area contributed by atoms with E-state index in [1.807, 2.05) is 70.2 Å². The van der Waals surface area contributed by atoms with Crippen LogP contribution < -0.4 is 10.1 Å². The highest BCUT2D eigenvalue weighted by molar-refractivity contribution is 6.05. The number of benzene rings is 2. The molecule has 168 valence electrons. The van der Waals surface area contributed by atoms with Gasteiger partial charge in [0.15, 0.2) is 0 Å². The van der Waals surface area contributed by atoms with Crippen LogP contribution >= 0.6 is 0 Å². The van der Waals surface area contributed by atoms with E-state index in [1.54, 1.807) is 6.07 Å². The quantitative estimate of drug-likeness (QED) is 0.401. The first-order valence-electron chi connectivity index (χ1n) is 11.2. The zero-order valence-corrected chi connectivity index (χ0v) is 19.5. The monoisotopic (exact) mass is 432 g/mol. The maximum absolute atomic E-state index is 12.8. The molecule has 1 heterocycles. The minimum atomic E-state index is -0.195. The van der Waals surface area contributed by atoms with Gasteiger partial charge in [0, 0.05) is 5.69 Å². The van der Waals surface area contributed by atoms with Gasteiger partial charge >= 0.3 is 0 Å². The third-order valence-electron chi connectivity index (χ3n) is 5.03. The molecular formula is C27H32N2O3. The molecule has 3 rings (SSSR count). The lowest BCUT2D eigenvalue weighted by atomic mass is 10.1. The van der Waals surface area contributed by atoms with Crippen molar-refractivity contribution in [1.82, 2.24) is 4.98 Å². The molecule has 0 aliphatic heterocycles. The van der Waals surface area contributed by atoms with Crippen LogP contribution in [0.4, 0.5) is 5.69 Å². The Bertz CT molecular complexity index is 1050. The third kappa shape index (κ3) is 6.41. The average molecular weight is 433 g/mol. The maximum Gasteiger partial charge on any atom is 0.257 e. The van der Waals surface area contributed by atoms with Gasteiger partial charge in [-0.1, -0.05) is 25.5 Å². The Morgan fingerprint density at radius 3 is 2.41 bits per heavy atom. The third-order valence-corrected chi connectivity index (χ3v) is 5.03. The minimum absolute atomic E-state index is 0.113. The van der Waals surface area contributed by atoms with E-state index in [0.29, 0.717) is 16.9 Å². The molecule has 0 spiro atoms. The van der Waals surface area contributed by atoms with Gasteiger partial charge in [-0.25, -0.2) is 0 Å². The van der Waals surface area contributed by atoms with Crippen LogP contribution in [-0.2, 0) is 11.2 Å². The standard InChI is InChI=1S/C27H32N2O3/c1-6-8-21-9-7-10-24(17-21)32-23-13-11-22(12-14-23)29-27(30)25-15-16-26(28-19(25)4)20(5)31-18(2)3/h7,9-18,20H,6,8H2,1-5H3,(H,29,30).